The molecule has 1 heterocycles. The zero-order valence-electron chi connectivity index (χ0n) is 15.7. The van der Waals surface area contributed by atoms with Crippen molar-refractivity contribution in [3.63, 3.8) is 0 Å². The maximum Gasteiger partial charge on any atom is 0.254 e. The molecule has 1 N–H and O–H groups in total. The van der Waals surface area contributed by atoms with Crippen LogP contribution < -0.4 is 5.32 Å². The maximum atomic E-state index is 12.6. The molecule has 0 saturated carbocycles. The lowest BCUT2D eigenvalue weighted by Gasteiger charge is -2.45. The number of carbonyl (C=O) groups is 1. The minimum absolute atomic E-state index is 0.0348. The normalized spacial score (nSPS) is 22.2. The third-order valence-corrected chi connectivity index (χ3v) is 6.23. The quantitative estimate of drug-likeness (QED) is 0.723. The molecule has 0 radical (unpaired) electrons. The molecule has 6 rings (SSSR count). The maximum absolute atomic E-state index is 12.6. The number of furan rings is 1. The third-order valence-electron chi connectivity index (χ3n) is 6.23. The topological polar surface area (TPSA) is 42.2 Å². The molecule has 3 aromatic rings. The van der Waals surface area contributed by atoms with Gasteiger partial charge in [-0.15, -0.1) is 0 Å². The molecule has 27 heavy (non-hydrogen) atoms. The summed E-state index contributed by atoms with van der Waals surface area (Å²) < 4.78 is 5.51. The molecule has 0 fully saturated rings. The van der Waals surface area contributed by atoms with Crippen molar-refractivity contribution in [3.05, 3.63) is 93.9 Å². The first-order valence-electron chi connectivity index (χ1n) is 9.66. The summed E-state index contributed by atoms with van der Waals surface area (Å²) in [5.41, 5.74) is 6.44. The van der Waals surface area contributed by atoms with E-state index >= 15 is 0 Å². The lowest BCUT2D eigenvalue weighted by molar-refractivity contribution is 0.0941. The zero-order chi connectivity index (χ0) is 18.5. The van der Waals surface area contributed by atoms with Gasteiger partial charge in [0, 0.05) is 18.4 Å². The number of carbonyl (C=O) groups excluding carboxylic acids is 1. The molecular formula is C24H23NO2. The van der Waals surface area contributed by atoms with Crippen LogP contribution >= 0.6 is 0 Å². The molecule has 0 aliphatic heterocycles. The first-order valence-corrected chi connectivity index (χ1v) is 9.66. The number of amides is 1. The van der Waals surface area contributed by atoms with E-state index in [1.165, 1.54) is 22.3 Å². The summed E-state index contributed by atoms with van der Waals surface area (Å²) in [7, 11) is 0. The molecule has 0 saturated heterocycles. The Morgan fingerprint density at radius 2 is 1.59 bits per heavy atom. The Hall–Kier alpha value is -2.81. The fourth-order valence-electron chi connectivity index (χ4n) is 5.14. The van der Waals surface area contributed by atoms with Crippen molar-refractivity contribution >= 4 is 5.91 Å². The van der Waals surface area contributed by atoms with Crippen LogP contribution in [0.15, 0.2) is 59.0 Å². The van der Waals surface area contributed by atoms with Crippen molar-refractivity contribution in [2.75, 3.05) is 6.54 Å². The van der Waals surface area contributed by atoms with Crippen LogP contribution in [-0.2, 0) is 0 Å². The molecular weight excluding hydrogens is 334 g/mol. The molecule has 2 bridgehead atoms. The molecule has 1 atom stereocenters. The average molecular weight is 357 g/mol. The van der Waals surface area contributed by atoms with Crippen molar-refractivity contribution < 1.29 is 9.21 Å². The Kier molecular flexibility index (Phi) is 3.71. The fourth-order valence-corrected chi connectivity index (χ4v) is 5.14. The highest BCUT2D eigenvalue weighted by molar-refractivity contribution is 5.95. The van der Waals surface area contributed by atoms with Gasteiger partial charge in [-0.25, -0.2) is 0 Å². The van der Waals surface area contributed by atoms with Gasteiger partial charge in [-0.1, -0.05) is 48.5 Å². The number of rotatable bonds is 3. The second-order valence-electron chi connectivity index (χ2n) is 7.82. The van der Waals surface area contributed by atoms with Crippen molar-refractivity contribution in [2.24, 2.45) is 5.92 Å². The SMILES string of the molecule is Cc1cc(C(=O)NCC2CC3c4ccccc4C2c2ccccc23)c(C)o1. The highest BCUT2D eigenvalue weighted by Crippen LogP contribution is 2.55. The van der Waals surface area contributed by atoms with E-state index in [2.05, 4.69) is 53.8 Å². The Morgan fingerprint density at radius 1 is 1.00 bits per heavy atom. The van der Waals surface area contributed by atoms with Crippen LogP contribution in [0, 0.1) is 19.8 Å². The van der Waals surface area contributed by atoms with Gasteiger partial charge in [-0.3, -0.25) is 4.79 Å². The van der Waals surface area contributed by atoms with Gasteiger partial charge in [0.2, 0.25) is 0 Å². The van der Waals surface area contributed by atoms with Gasteiger partial charge in [-0.05, 0) is 54.5 Å². The van der Waals surface area contributed by atoms with E-state index in [4.69, 9.17) is 4.42 Å². The van der Waals surface area contributed by atoms with E-state index in [1.807, 2.05) is 19.9 Å². The van der Waals surface area contributed by atoms with Crippen LogP contribution in [-0.4, -0.2) is 12.5 Å². The van der Waals surface area contributed by atoms with Crippen molar-refractivity contribution in [1.29, 1.82) is 0 Å². The first-order chi connectivity index (χ1) is 13.1. The second kappa shape index (κ2) is 6.12. The molecule has 0 spiro atoms. The number of fused-ring (bicyclic) bond motifs is 1. The number of hydrogen-bond acceptors (Lipinski definition) is 2. The standard InChI is InChI=1S/C24H23NO2/c1-14-11-21(15(2)27-14)24(26)25-13-16-12-22-17-7-3-5-9-19(17)23(16)20-10-6-4-8-18(20)22/h3-11,16,22-23H,12-13H2,1-2H3,(H,25,26). The molecule has 3 aliphatic carbocycles. The monoisotopic (exact) mass is 357 g/mol. The van der Waals surface area contributed by atoms with E-state index in [0.29, 0.717) is 35.6 Å². The molecule has 136 valence electrons. The number of nitrogens with one attached hydrogen (secondary N) is 1. The van der Waals surface area contributed by atoms with Crippen LogP contribution in [0.3, 0.4) is 0 Å². The summed E-state index contributed by atoms with van der Waals surface area (Å²) in [6.45, 7) is 4.40. The van der Waals surface area contributed by atoms with E-state index in [0.717, 1.165) is 12.2 Å². The summed E-state index contributed by atoms with van der Waals surface area (Å²) in [4.78, 5) is 12.6. The van der Waals surface area contributed by atoms with Crippen LogP contribution in [0.4, 0.5) is 0 Å². The molecule has 3 aliphatic rings. The lowest BCUT2D eigenvalue weighted by Crippen LogP contribution is -2.39. The van der Waals surface area contributed by atoms with Crippen molar-refractivity contribution in [2.45, 2.75) is 32.1 Å². The van der Waals surface area contributed by atoms with Crippen LogP contribution in [0.2, 0.25) is 0 Å². The minimum atomic E-state index is -0.0348. The van der Waals surface area contributed by atoms with Gasteiger partial charge in [-0.2, -0.15) is 0 Å². The highest BCUT2D eigenvalue weighted by Gasteiger charge is 2.42. The van der Waals surface area contributed by atoms with Crippen LogP contribution in [0.25, 0.3) is 0 Å². The van der Waals surface area contributed by atoms with Gasteiger partial charge in [0.25, 0.3) is 5.91 Å². The largest absolute Gasteiger partial charge is 0.466 e. The zero-order valence-corrected chi connectivity index (χ0v) is 15.7. The Bertz CT molecular complexity index is 985. The predicted octanol–water partition coefficient (Wildman–Crippen LogP) is 4.92. The molecule has 2 aromatic carbocycles. The fraction of sp³-hybridized carbons (Fsp3) is 0.292. The predicted molar refractivity (Wildman–Crippen MR) is 105 cm³/mol. The number of aryl methyl sites for hydroxylation is 2. The smallest absolute Gasteiger partial charge is 0.254 e. The Balaban J connectivity index is 1.44. The van der Waals surface area contributed by atoms with Gasteiger partial charge in [0.05, 0.1) is 5.56 Å². The van der Waals surface area contributed by atoms with Gasteiger partial charge >= 0.3 is 0 Å². The minimum Gasteiger partial charge on any atom is -0.466 e. The van der Waals surface area contributed by atoms with Gasteiger partial charge < -0.3 is 9.73 Å². The molecule has 3 heteroatoms. The summed E-state index contributed by atoms with van der Waals surface area (Å²) >= 11 is 0. The Morgan fingerprint density at radius 3 is 2.15 bits per heavy atom. The summed E-state index contributed by atoms with van der Waals surface area (Å²) in [6.07, 6.45) is 1.09. The van der Waals surface area contributed by atoms with Gasteiger partial charge in [0.15, 0.2) is 0 Å². The first kappa shape index (κ1) is 16.4. The molecule has 1 aromatic heterocycles. The van der Waals surface area contributed by atoms with Crippen molar-refractivity contribution in [3.8, 4) is 0 Å². The number of hydrogen-bond donors (Lipinski definition) is 1. The highest BCUT2D eigenvalue weighted by atomic mass is 16.3. The second-order valence-corrected chi connectivity index (χ2v) is 7.82. The van der Waals surface area contributed by atoms with E-state index < -0.39 is 0 Å². The van der Waals surface area contributed by atoms with E-state index in [-0.39, 0.29) is 5.91 Å². The summed E-state index contributed by atoms with van der Waals surface area (Å²) in [6, 6.07) is 19.4. The molecule has 1 unspecified atom stereocenters. The van der Waals surface area contributed by atoms with E-state index in [1.54, 1.807) is 0 Å². The van der Waals surface area contributed by atoms with Crippen molar-refractivity contribution in [1.82, 2.24) is 5.32 Å². The average Bonchev–Trinajstić information content (AvgIpc) is 3.04. The van der Waals surface area contributed by atoms with Gasteiger partial charge in [0.1, 0.15) is 11.5 Å². The van der Waals surface area contributed by atoms with E-state index in [9.17, 15) is 4.79 Å². The summed E-state index contributed by atoms with van der Waals surface area (Å²) in [5, 5.41) is 3.17. The molecule has 1 amide bonds. The number of benzene rings is 2. The molecule has 3 nitrogen and oxygen atoms in total. The Labute approximate surface area is 159 Å². The lowest BCUT2D eigenvalue weighted by atomic mass is 9.59. The van der Waals surface area contributed by atoms with Crippen LogP contribution in [0.1, 0.15) is 62.4 Å². The summed E-state index contributed by atoms with van der Waals surface area (Å²) in [5.74, 6) is 2.63. The van der Waals surface area contributed by atoms with Crippen LogP contribution in [0.5, 0.6) is 0 Å². The third kappa shape index (κ3) is 2.53.